The van der Waals surface area contributed by atoms with Crippen molar-refractivity contribution in [2.75, 3.05) is 32.9 Å². The molecule has 0 aromatic rings. The second kappa shape index (κ2) is 5.80. The van der Waals surface area contributed by atoms with Gasteiger partial charge in [0.25, 0.3) is 0 Å². The molecule has 0 aromatic carbocycles. The Bertz CT molecular complexity index is 259. The van der Waals surface area contributed by atoms with E-state index in [4.69, 9.17) is 14.2 Å². The minimum atomic E-state index is -0.299. The molecule has 2 aliphatic heterocycles. The molecule has 1 atom stereocenters. The van der Waals surface area contributed by atoms with E-state index < -0.39 is 0 Å². The van der Waals surface area contributed by atoms with Gasteiger partial charge in [0.05, 0.1) is 11.7 Å². The van der Waals surface area contributed by atoms with Gasteiger partial charge in [-0.1, -0.05) is 0 Å². The maximum Gasteiger partial charge on any atom is 0.332 e. The van der Waals surface area contributed by atoms with E-state index in [1.807, 2.05) is 6.92 Å². The predicted octanol–water partition coefficient (Wildman–Crippen LogP) is 0.477. The first-order valence-corrected chi connectivity index (χ1v) is 6.30. The smallest absolute Gasteiger partial charge is 0.332 e. The van der Waals surface area contributed by atoms with Crippen molar-refractivity contribution in [2.45, 2.75) is 37.9 Å². The number of hydrogen-bond acceptors (Lipinski definition) is 5. The fourth-order valence-electron chi connectivity index (χ4n) is 1.98. The monoisotopic (exact) mass is 243 g/mol. The summed E-state index contributed by atoms with van der Waals surface area (Å²) in [7, 11) is 0. The minimum Gasteiger partial charge on any atom is -0.461 e. The van der Waals surface area contributed by atoms with E-state index in [1.54, 1.807) is 0 Å². The lowest BCUT2D eigenvalue weighted by Crippen LogP contribution is -2.59. The molecule has 0 aliphatic carbocycles. The number of ether oxygens (including phenoxy) is 3. The third kappa shape index (κ3) is 3.94. The average Bonchev–Trinajstić information content (AvgIpc) is 2.33. The van der Waals surface area contributed by atoms with Crippen molar-refractivity contribution in [1.82, 2.24) is 5.32 Å². The lowest BCUT2D eigenvalue weighted by Gasteiger charge is -2.38. The standard InChI is InChI=1S/C12H21NO4/c1-12(8-13-9-12)17-7-11(14)16-6-10-4-2-3-5-15-10/h10,13H,2-9H2,1H3. The van der Waals surface area contributed by atoms with E-state index in [9.17, 15) is 4.79 Å². The number of hydrogen-bond donors (Lipinski definition) is 1. The second-order valence-corrected chi connectivity index (χ2v) is 5.01. The van der Waals surface area contributed by atoms with Crippen molar-refractivity contribution in [1.29, 1.82) is 0 Å². The average molecular weight is 243 g/mol. The summed E-state index contributed by atoms with van der Waals surface area (Å²) in [6.45, 7) is 4.75. The summed E-state index contributed by atoms with van der Waals surface area (Å²) < 4.78 is 16.1. The molecule has 0 bridgehead atoms. The van der Waals surface area contributed by atoms with Gasteiger partial charge in [-0.3, -0.25) is 0 Å². The molecular formula is C12H21NO4. The number of esters is 1. The molecule has 2 heterocycles. The van der Waals surface area contributed by atoms with Gasteiger partial charge in [0.1, 0.15) is 13.2 Å². The highest BCUT2D eigenvalue weighted by Crippen LogP contribution is 2.15. The Labute approximate surface area is 102 Å². The van der Waals surface area contributed by atoms with Crippen LogP contribution in [0.25, 0.3) is 0 Å². The highest BCUT2D eigenvalue weighted by atomic mass is 16.6. The molecule has 98 valence electrons. The Morgan fingerprint density at radius 1 is 1.47 bits per heavy atom. The Kier molecular flexibility index (Phi) is 4.36. The van der Waals surface area contributed by atoms with E-state index >= 15 is 0 Å². The summed E-state index contributed by atoms with van der Waals surface area (Å²) in [5, 5.41) is 3.11. The summed E-state index contributed by atoms with van der Waals surface area (Å²) in [5.74, 6) is -0.299. The van der Waals surface area contributed by atoms with Gasteiger partial charge in [-0.2, -0.15) is 0 Å². The topological polar surface area (TPSA) is 56.8 Å². The first-order chi connectivity index (χ1) is 8.18. The quantitative estimate of drug-likeness (QED) is 0.712. The van der Waals surface area contributed by atoms with Crippen LogP contribution >= 0.6 is 0 Å². The summed E-state index contributed by atoms with van der Waals surface area (Å²) in [4.78, 5) is 11.4. The molecule has 0 amide bonds. The maximum atomic E-state index is 11.4. The van der Waals surface area contributed by atoms with Crippen LogP contribution in [0, 0.1) is 0 Å². The molecule has 0 spiro atoms. The van der Waals surface area contributed by atoms with Gasteiger partial charge in [0.2, 0.25) is 0 Å². The first kappa shape index (κ1) is 12.8. The zero-order valence-corrected chi connectivity index (χ0v) is 10.4. The third-order valence-electron chi connectivity index (χ3n) is 3.24. The summed E-state index contributed by atoms with van der Waals surface area (Å²) in [5.41, 5.74) is -0.194. The minimum absolute atomic E-state index is 0.0326. The van der Waals surface area contributed by atoms with Crippen LogP contribution < -0.4 is 5.32 Å². The number of carbonyl (C=O) groups is 1. The van der Waals surface area contributed by atoms with Crippen molar-refractivity contribution in [3.8, 4) is 0 Å². The van der Waals surface area contributed by atoms with Crippen molar-refractivity contribution in [3.63, 3.8) is 0 Å². The Morgan fingerprint density at radius 2 is 2.29 bits per heavy atom. The van der Waals surface area contributed by atoms with Gasteiger partial charge in [-0.05, 0) is 26.2 Å². The fraction of sp³-hybridized carbons (Fsp3) is 0.917. The van der Waals surface area contributed by atoms with Gasteiger partial charge < -0.3 is 19.5 Å². The predicted molar refractivity (Wildman–Crippen MR) is 61.8 cm³/mol. The van der Waals surface area contributed by atoms with Gasteiger partial charge in [0, 0.05) is 19.7 Å². The lowest BCUT2D eigenvalue weighted by molar-refractivity contribution is -0.163. The van der Waals surface area contributed by atoms with Crippen molar-refractivity contribution >= 4 is 5.97 Å². The number of carbonyl (C=O) groups excluding carboxylic acids is 1. The summed E-state index contributed by atoms with van der Waals surface area (Å²) in [6, 6.07) is 0. The lowest BCUT2D eigenvalue weighted by atomic mass is 10.0. The van der Waals surface area contributed by atoms with Crippen LogP contribution in [-0.4, -0.2) is 50.6 Å². The molecule has 5 nitrogen and oxygen atoms in total. The highest BCUT2D eigenvalue weighted by molar-refractivity contribution is 5.70. The van der Waals surface area contributed by atoms with Crippen LogP contribution in [0.2, 0.25) is 0 Å². The largest absolute Gasteiger partial charge is 0.461 e. The third-order valence-corrected chi connectivity index (χ3v) is 3.24. The normalized spacial score (nSPS) is 27.2. The molecule has 1 N–H and O–H groups in total. The van der Waals surface area contributed by atoms with Gasteiger partial charge in [-0.15, -0.1) is 0 Å². The van der Waals surface area contributed by atoms with Crippen LogP contribution in [0.3, 0.4) is 0 Å². The van der Waals surface area contributed by atoms with E-state index in [0.29, 0.717) is 6.61 Å². The number of nitrogens with one attached hydrogen (secondary N) is 1. The van der Waals surface area contributed by atoms with Crippen LogP contribution in [0.5, 0.6) is 0 Å². The van der Waals surface area contributed by atoms with Crippen molar-refractivity contribution < 1.29 is 19.0 Å². The second-order valence-electron chi connectivity index (χ2n) is 5.01. The zero-order valence-electron chi connectivity index (χ0n) is 10.4. The SMILES string of the molecule is CC1(OCC(=O)OCC2CCCCO2)CNC1. The molecule has 17 heavy (non-hydrogen) atoms. The Hall–Kier alpha value is -0.650. The van der Waals surface area contributed by atoms with Crippen LogP contribution in [0.1, 0.15) is 26.2 Å². The van der Waals surface area contributed by atoms with Gasteiger partial charge in [0.15, 0.2) is 0 Å². The van der Waals surface area contributed by atoms with Gasteiger partial charge in [-0.25, -0.2) is 4.79 Å². The molecule has 0 aromatic heterocycles. The molecule has 2 aliphatic rings. The van der Waals surface area contributed by atoms with Crippen molar-refractivity contribution in [2.24, 2.45) is 0 Å². The van der Waals surface area contributed by atoms with Crippen LogP contribution in [0.15, 0.2) is 0 Å². The van der Waals surface area contributed by atoms with Crippen LogP contribution in [-0.2, 0) is 19.0 Å². The molecule has 2 fully saturated rings. The molecule has 0 radical (unpaired) electrons. The first-order valence-electron chi connectivity index (χ1n) is 6.30. The summed E-state index contributed by atoms with van der Waals surface area (Å²) >= 11 is 0. The molecule has 1 unspecified atom stereocenters. The molecular weight excluding hydrogens is 222 g/mol. The summed E-state index contributed by atoms with van der Waals surface area (Å²) in [6.07, 6.45) is 3.32. The van der Waals surface area contributed by atoms with E-state index in [2.05, 4.69) is 5.32 Å². The fourth-order valence-corrected chi connectivity index (χ4v) is 1.98. The molecule has 2 rings (SSSR count). The highest BCUT2D eigenvalue weighted by Gasteiger charge is 2.33. The van der Waals surface area contributed by atoms with Crippen LogP contribution in [0.4, 0.5) is 0 Å². The zero-order chi connectivity index (χ0) is 12.1. The number of rotatable bonds is 5. The molecule has 5 heteroatoms. The Morgan fingerprint density at radius 3 is 2.88 bits per heavy atom. The Balaban J connectivity index is 1.57. The van der Waals surface area contributed by atoms with E-state index in [1.165, 1.54) is 0 Å². The van der Waals surface area contributed by atoms with Crippen molar-refractivity contribution in [3.05, 3.63) is 0 Å². The molecule has 2 saturated heterocycles. The maximum absolute atomic E-state index is 11.4. The van der Waals surface area contributed by atoms with Gasteiger partial charge >= 0.3 is 5.97 Å². The molecule has 0 saturated carbocycles. The van der Waals surface area contributed by atoms with E-state index in [0.717, 1.165) is 39.0 Å². The van der Waals surface area contributed by atoms with E-state index in [-0.39, 0.29) is 24.3 Å².